The first-order valence-electron chi connectivity index (χ1n) is 7.24. The number of carbonyl (C=O) groups is 2. The summed E-state index contributed by atoms with van der Waals surface area (Å²) in [5.74, 6) is -0.864. The highest BCUT2D eigenvalue weighted by atomic mass is 79.9. The van der Waals surface area contributed by atoms with Crippen molar-refractivity contribution in [1.82, 2.24) is 0 Å². The molecule has 2 aromatic carbocycles. The van der Waals surface area contributed by atoms with Crippen LogP contribution < -0.4 is 5.32 Å². The number of thiophene rings is 1. The van der Waals surface area contributed by atoms with Gasteiger partial charge in [0.1, 0.15) is 4.88 Å². The molecule has 0 spiro atoms. The minimum absolute atomic E-state index is 0.321. The van der Waals surface area contributed by atoms with E-state index in [0.717, 1.165) is 20.1 Å². The van der Waals surface area contributed by atoms with Gasteiger partial charge in [-0.1, -0.05) is 40.2 Å². The lowest BCUT2D eigenvalue weighted by molar-refractivity contribution is -0.119. The Balaban J connectivity index is 1.59. The van der Waals surface area contributed by atoms with E-state index in [1.54, 1.807) is 18.2 Å². The lowest BCUT2D eigenvalue weighted by atomic mass is 10.2. The molecule has 122 valence electrons. The molecule has 0 fully saturated rings. The van der Waals surface area contributed by atoms with Crippen molar-refractivity contribution in [1.29, 1.82) is 0 Å². The third-order valence-electron chi connectivity index (χ3n) is 3.42. The van der Waals surface area contributed by atoms with Gasteiger partial charge in [-0.15, -0.1) is 11.3 Å². The van der Waals surface area contributed by atoms with Gasteiger partial charge in [-0.3, -0.25) is 4.79 Å². The van der Waals surface area contributed by atoms with E-state index < -0.39 is 5.97 Å². The minimum Gasteiger partial charge on any atom is -0.451 e. The Morgan fingerprint density at radius 3 is 2.71 bits per heavy atom. The van der Waals surface area contributed by atoms with Crippen molar-refractivity contribution < 1.29 is 14.3 Å². The summed E-state index contributed by atoms with van der Waals surface area (Å²) < 4.78 is 7.01. The van der Waals surface area contributed by atoms with Crippen molar-refractivity contribution in [3.05, 3.63) is 63.4 Å². The molecule has 0 bridgehead atoms. The number of benzene rings is 2. The number of ether oxygens (including phenoxy) is 1. The first kappa shape index (κ1) is 16.7. The van der Waals surface area contributed by atoms with Crippen molar-refractivity contribution in [3.63, 3.8) is 0 Å². The number of rotatable bonds is 4. The van der Waals surface area contributed by atoms with E-state index in [0.29, 0.717) is 10.6 Å². The number of carbonyl (C=O) groups excluding carboxylic acids is 2. The van der Waals surface area contributed by atoms with Crippen molar-refractivity contribution in [3.8, 4) is 0 Å². The fourth-order valence-electron chi connectivity index (χ4n) is 2.15. The summed E-state index contributed by atoms with van der Waals surface area (Å²) in [6.07, 6.45) is 0. The summed E-state index contributed by atoms with van der Waals surface area (Å²) in [6, 6.07) is 15.0. The normalized spacial score (nSPS) is 10.6. The number of fused-ring (bicyclic) bond motifs is 1. The number of hydrogen-bond donors (Lipinski definition) is 1. The zero-order chi connectivity index (χ0) is 17.1. The largest absolute Gasteiger partial charge is 0.451 e. The van der Waals surface area contributed by atoms with Crippen LogP contribution in [-0.4, -0.2) is 18.5 Å². The average Bonchev–Trinajstić information content (AvgIpc) is 3.00. The molecular weight excluding hydrogens is 390 g/mol. The van der Waals surface area contributed by atoms with Crippen LogP contribution in [0.5, 0.6) is 0 Å². The molecule has 0 aliphatic carbocycles. The Morgan fingerprint density at radius 1 is 1.17 bits per heavy atom. The van der Waals surface area contributed by atoms with E-state index in [4.69, 9.17) is 4.74 Å². The molecule has 0 atom stereocenters. The van der Waals surface area contributed by atoms with Crippen LogP contribution in [0.4, 0.5) is 5.69 Å². The maximum atomic E-state index is 12.1. The molecule has 0 radical (unpaired) electrons. The molecule has 0 unspecified atom stereocenters. The zero-order valence-electron chi connectivity index (χ0n) is 12.8. The van der Waals surface area contributed by atoms with Crippen LogP contribution in [0.3, 0.4) is 0 Å². The second-order valence-electron chi connectivity index (χ2n) is 5.24. The van der Waals surface area contributed by atoms with Crippen LogP contribution in [0.25, 0.3) is 10.1 Å². The van der Waals surface area contributed by atoms with Gasteiger partial charge in [0.2, 0.25) is 0 Å². The van der Waals surface area contributed by atoms with Gasteiger partial charge in [0.05, 0.1) is 0 Å². The van der Waals surface area contributed by atoms with Crippen molar-refractivity contribution in [2.75, 3.05) is 11.9 Å². The molecule has 6 heteroatoms. The average molecular weight is 404 g/mol. The van der Waals surface area contributed by atoms with Gasteiger partial charge in [-0.2, -0.15) is 0 Å². The summed E-state index contributed by atoms with van der Waals surface area (Å²) >= 11 is 4.76. The number of esters is 1. The number of hydrogen-bond acceptors (Lipinski definition) is 4. The third kappa shape index (κ3) is 3.83. The molecule has 0 aliphatic rings. The molecule has 1 aromatic heterocycles. The minimum atomic E-state index is -0.489. The highest BCUT2D eigenvalue weighted by Gasteiger charge is 2.13. The molecule has 0 saturated heterocycles. The first-order valence-corrected chi connectivity index (χ1v) is 8.85. The number of halogens is 1. The van der Waals surface area contributed by atoms with Gasteiger partial charge < -0.3 is 10.1 Å². The van der Waals surface area contributed by atoms with E-state index in [-0.39, 0.29) is 12.5 Å². The van der Waals surface area contributed by atoms with Crippen LogP contribution in [-0.2, 0) is 9.53 Å². The number of nitrogens with one attached hydrogen (secondary N) is 1. The quantitative estimate of drug-likeness (QED) is 0.638. The lowest BCUT2D eigenvalue weighted by Gasteiger charge is -2.07. The molecular formula is C18H14BrNO3S. The summed E-state index contributed by atoms with van der Waals surface area (Å²) in [4.78, 5) is 24.5. The molecule has 0 saturated carbocycles. The monoisotopic (exact) mass is 403 g/mol. The predicted octanol–water partition coefficient (Wildman–Crippen LogP) is 4.77. The molecule has 0 aliphatic heterocycles. The van der Waals surface area contributed by atoms with Crippen molar-refractivity contribution in [2.45, 2.75) is 6.92 Å². The van der Waals surface area contributed by atoms with E-state index in [1.807, 2.05) is 37.3 Å². The summed E-state index contributed by atoms with van der Waals surface area (Å²) in [5.41, 5.74) is 1.72. The Labute approximate surface area is 151 Å². The van der Waals surface area contributed by atoms with E-state index in [1.165, 1.54) is 11.3 Å². The molecule has 1 heterocycles. The van der Waals surface area contributed by atoms with Crippen molar-refractivity contribution >= 4 is 54.9 Å². The lowest BCUT2D eigenvalue weighted by Crippen LogP contribution is -2.20. The van der Waals surface area contributed by atoms with Crippen molar-refractivity contribution in [2.24, 2.45) is 0 Å². The highest BCUT2D eigenvalue weighted by Crippen LogP contribution is 2.25. The summed E-state index contributed by atoms with van der Waals surface area (Å²) in [5, 5.41) is 3.69. The first-order chi connectivity index (χ1) is 11.5. The fraction of sp³-hybridized carbons (Fsp3) is 0.111. The van der Waals surface area contributed by atoms with Gasteiger partial charge in [-0.25, -0.2) is 4.79 Å². The van der Waals surface area contributed by atoms with Gasteiger partial charge >= 0.3 is 5.97 Å². The standard InChI is InChI=1S/C18H14BrNO3S/c1-11-6-7-13(9-14(11)19)20-17(21)10-23-18(22)16-8-12-4-2-3-5-15(12)24-16/h2-9H,10H2,1H3,(H,20,21). The Kier molecular flexibility index (Phi) is 4.97. The SMILES string of the molecule is Cc1ccc(NC(=O)COC(=O)c2cc3ccccc3s2)cc1Br. The van der Waals surface area contributed by atoms with Crippen LogP contribution in [0, 0.1) is 6.92 Å². The second kappa shape index (κ2) is 7.15. The Bertz CT molecular complexity index is 887. The maximum Gasteiger partial charge on any atom is 0.348 e. The number of anilines is 1. The zero-order valence-corrected chi connectivity index (χ0v) is 15.2. The molecule has 3 aromatic rings. The smallest absolute Gasteiger partial charge is 0.348 e. The second-order valence-corrected chi connectivity index (χ2v) is 7.17. The number of amides is 1. The molecule has 3 rings (SSSR count). The van der Waals surface area contributed by atoms with Crippen LogP contribution >= 0.6 is 27.3 Å². The van der Waals surface area contributed by atoms with E-state index in [2.05, 4.69) is 21.2 Å². The topological polar surface area (TPSA) is 55.4 Å². The summed E-state index contributed by atoms with van der Waals surface area (Å²) in [6.45, 7) is 1.64. The van der Waals surface area contributed by atoms with Gasteiger partial charge in [0, 0.05) is 14.9 Å². The van der Waals surface area contributed by atoms with Gasteiger partial charge in [0.25, 0.3) is 5.91 Å². The van der Waals surface area contributed by atoms with Crippen LogP contribution in [0.15, 0.2) is 53.0 Å². The van der Waals surface area contributed by atoms with E-state index in [9.17, 15) is 9.59 Å². The van der Waals surface area contributed by atoms with Gasteiger partial charge in [-0.05, 0) is 42.1 Å². The van der Waals surface area contributed by atoms with E-state index >= 15 is 0 Å². The number of aryl methyl sites for hydroxylation is 1. The molecule has 1 N–H and O–H groups in total. The highest BCUT2D eigenvalue weighted by molar-refractivity contribution is 9.10. The fourth-order valence-corrected chi connectivity index (χ4v) is 3.49. The van der Waals surface area contributed by atoms with Crippen LogP contribution in [0.1, 0.15) is 15.2 Å². The maximum absolute atomic E-state index is 12.1. The third-order valence-corrected chi connectivity index (χ3v) is 5.37. The summed E-state index contributed by atoms with van der Waals surface area (Å²) in [7, 11) is 0. The predicted molar refractivity (Wildman–Crippen MR) is 99.6 cm³/mol. The molecule has 4 nitrogen and oxygen atoms in total. The Hall–Kier alpha value is -2.18. The Morgan fingerprint density at radius 2 is 1.96 bits per heavy atom. The van der Waals surface area contributed by atoms with Crippen LogP contribution in [0.2, 0.25) is 0 Å². The molecule has 24 heavy (non-hydrogen) atoms. The van der Waals surface area contributed by atoms with Gasteiger partial charge in [0.15, 0.2) is 6.61 Å². The molecule has 1 amide bonds.